The van der Waals surface area contributed by atoms with E-state index in [-0.39, 0.29) is 29.0 Å². The Bertz CT molecular complexity index is 820. The summed E-state index contributed by atoms with van der Waals surface area (Å²) in [7, 11) is 1.71. The molecule has 2 atom stereocenters. The van der Waals surface area contributed by atoms with Crippen molar-refractivity contribution in [3.63, 3.8) is 0 Å². The number of carbonyl (C=O) groups excluding carboxylic acids is 1. The fourth-order valence-electron chi connectivity index (χ4n) is 3.79. The van der Waals surface area contributed by atoms with Gasteiger partial charge in [-0.3, -0.25) is 9.69 Å². The molecule has 1 aromatic heterocycles. The highest BCUT2D eigenvalue weighted by Gasteiger charge is 2.32. The Morgan fingerprint density at radius 2 is 2.00 bits per heavy atom. The van der Waals surface area contributed by atoms with E-state index in [4.69, 9.17) is 16.3 Å². The molecule has 2 aromatic rings. The number of pyridine rings is 1. The Kier molecular flexibility index (Phi) is 6.29. The zero-order valence-electron chi connectivity index (χ0n) is 15.9. The minimum atomic E-state index is -0.377. The number of amides is 1. The zero-order chi connectivity index (χ0) is 19.6. The van der Waals surface area contributed by atoms with Crippen molar-refractivity contribution in [2.75, 3.05) is 33.4 Å². The molecule has 0 spiro atoms. The molecule has 1 fully saturated rings. The molecule has 0 radical (unpaired) electrons. The van der Waals surface area contributed by atoms with E-state index in [1.807, 2.05) is 4.90 Å². The smallest absolute Gasteiger partial charge is 0.257 e. The highest BCUT2D eigenvalue weighted by atomic mass is 35.5. The van der Waals surface area contributed by atoms with Crippen molar-refractivity contribution in [1.82, 2.24) is 14.8 Å². The largest absolute Gasteiger partial charge is 0.385 e. The monoisotopic (exact) mass is 393 g/mol. The summed E-state index contributed by atoms with van der Waals surface area (Å²) >= 11 is 6.25. The lowest BCUT2D eigenvalue weighted by molar-refractivity contribution is 0.0270. The summed E-state index contributed by atoms with van der Waals surface area (Å²) in [6.07, 6.45) is 0.968. The van der Waals surface area contributed by atoms with Crippen LogP contribution in [0.2, 0.25) is 5.15 Å². The summed E-state index contributed by atoms with van der Waals surface area (Å²) in [5.41, 5.74) is 0.809. The first-order chi connectivity index (χ1) is 12.9. The number of hydrogen-bond donors (Lipinski definition) is 0. The van der Waals surface area contributed by atoms with Gasteiger partial charge in [0, 0.05) is 56.9 Å². The third-order valence-corrected chi connectivity index (χ3v) is 5.41. The number of ether oxygens (including phenoxy) is 1. The summed E-state index contributed by atoms with van der Waals surface area (Å²) in [6.45, 7) is 7.21. The molecule has 2 heterocycles. The Labute approximate surface area is 164 Å². The second kappa shape index (κ2) is 8.50. The number of fused-ring (bicyclic) bond motifs is 1. The summed E-state index contributed by atoms with van der Waals surface area (Å²) in [5.74, 6) is -0.508. The van der Waals surface area contributed by atoms with Gasteiger partial charge in [0.15, 0.2) is 0 Å². The molecule has 7 heteroatoms. The first kappa shape index (κ1) is 20.0. The Morgan fingerprint density at radius 1 is 1.30 bits per heavy atom. The maximum absolute atomic E-state index is 13.4. The van der Waals surface area contributed by atoms with Crippen LogP contribution in [0.25, 0.3) is 10.9 Å². The normalized spacial score (nSPS) is 21.0. The average molecular weight is 394 g/mol. The fraction of sp³-hybridized carbons (Fsp3) is 0.500. The first-order valence-electron chi connectivity index (χ1n) is 9.20. The average Bonchev–Trinajstić information content (AvgIpc) is 2.62. The Balaban J connectivity index is 1.77. The molecule has 5 nitrogen and oxygen atoms in total. The van der Waals surface area contributed by atoms with Crippen molar-refractivity contribution in [3.8, 4) is 0 Å². The van der Waals surface area contributed by atoms with Gasteiger partial charge in [0.1, 0.15) is 11.0 Å². The van der Waals surface area contributed by atoms with Gasteiger partial charge in [-0.15, -0.1) is 0 Å². The highest BCUT2D eigenvalue weighted by Crippen LogP contribution is 2.25. The lowest BCUT2D eigenvalue weighted by Crippen LogP contribution is -2.58. The van der Waals surface area contributed by atoms with Crippen LogP contribution in [0.4, 0.5) is 4.39 Å². The molecule has 0 saturated carbocycles. The molecule has 1 saturated heterocycles. The van der Waals surface area contributed by atoms with Crippen molar-refractivity contribution in [2.45, 2.75) is 32.4 Å². The van der Waals surface area contributed by atoms with Crippen molar-refractivity contribution in [1.29, 1.82) is 0 Å². The third-order valence-electron chi connectivity index (χ3n) is 5.12. The van der Waals surface area contributed by atoms with Crippen LogP contribution in [0.5, 0.6) is 0 Å². The van der Waals surface area contributed by atoms with Crippen LogP contribution >= 0.6 is 11.6 Å². The lowest BCUT2D eigenvalue weighted by atomic mass is 10.1. The van der Waals surface area contributed by atoms with Crippen molar-refractivity contribution in [2.24, 2.45) is 0 Å². The molecular formula is C20H25ClFN3O2. The van der Waals surface area contributed by atoms with Crippen molar-refractivity contribution < 1.29 is 13.9 Å². The SMILES string of the molecule is COCCCN1C(C)CN(C(=O)c2cc3ccc(F)cc3nc2Cl)CC1C. The minimum Gasteiger partial charge on any atom is -0.385 e. The van der Waals surface area contributed by atoms with E-state index in [0.29, 0.717) is 29.6 Å². The van der Waals surface area contributed by atoms with Gasteiger partial charge in [0.25, 0.3) is 5.91 Å². The maximum Gasteiger partial charge on any atom is 0.257 e. The summed E-state index contributed by atoms with van der Waals surface area (Å²) < 4.78 is 18.5. The molecule has 1 amide bonds. The number of hydrogen-bond acceptors (Lipinski definition) is 4. The topological polar surface area (TPSA) is 45.7 Å². The number of nitrogens with zero attached hydrogens (tertiary/aromatic N) is 3. The molecule has 0 bridgehead atoms. The lowest BCUT2D eigenvalue weighted by Gasteiger charge is -2.44. The maximum atomic E-state index is 13.4. The number of aromatic nitrogens is 1. The molecule has 1 aliphatic rings. The Hall–Kier alpha value is -1.76. The molecule has 0 N–H and O–H groups in total. The van der Waals surface area contributed by atoms with Crippen LogP contribution in [-0.2, 0) is 4.74 Å². The van der Waals surface area contributed by atoms with E-state index in [0.717, 1.165) is 19.6 Å². The van der Waals surface area contributed by atoms with Gasteiger partial charge >= 0.3 is 0 Å². The Morgan fingerprint density at radius 3 is 2.67 bits per heavy atom. The van der Waals surface area contributed by atoms with E-state index >= 15 is 0 Å². The van der Waals surface area contributed by atoms with Gasteiger partial charge in [0.05, 0.1) is 11.1 Å². The minimum absolute atomic E-state index is 0.112. The number of carbonyl (C=O) groups is 1. The highest BCUT2D eigenvalue weighted by molar-refractivity contribution is 6.33. The third kappa shape index (κ3) is 4.39. The second-order valence-corrected chi connectivity index (χ2v) is 7.51. The molecule has 1 aliphatic heterocycles. The fourth-order valence-corrected chi connectivity index (χ4v) is 4.02. The molecular weight excluding hydrogens is 369 g/mol. The van der Waals surface area contributed by atoms with Crippen LogP contribution < -0.4 is 0 Å². The standard InChI is InChI=1S/C20H25ClFN3O2/c1-13-11-24(12-14(2)25(13)7-4-8-27-3)20(26)17-9-15-5-6-16(22)10-18(15)23-19(17)21/h5-6,9-10,13-14H,4,7-8,11-12H2,1-3H3. The van der Waals surface area contributed by atoms with Gasteiger partial charge < -0.3 is 9.64 Å². The second-order valence-electron chi connectivity index (χ2n) is 7.16. The van der Waals surface area contributed by atoms with Gasteiger partial charge in [0.2, 0.25) is 0 Å². The van der Waals surface area contributed by atoms with Crippen LogP contribution in [-0.4, -0.2) is 66.1 Å². The van der Waals surface area contributed by atoms with Crippen molar-refractivity contribution >= 4 is 28.4 Å². The quantitative estimate of drug-likeness (QED) is 0.575. The molecule has 3 rings (SSSR count). The molecule has 0 aliphatic carbocycles. The number of methoxy groups -OCH3 is 1. The number of halogens is 2. The van der Waals surface area contributed by atoms with Crippen LogP contribution in [0, 0.1) is 5.82 Å². The number of benzene rings is 1. The molecule has 27 heavy (non-hydrogen) atoms. The summed E-state index contributed by atoms with van der Waals surface area (Å²) in [6, 6.07) is 6.48. The van der Waals surface area contributed by atoms with Crippen LogP contribution in [0.15, 0.2) is 24.3 Å². The van der Waals surface area contributed by atoms with E-state index in [2.05, 4.69) is 23.7 Å². The van der Waals surface area contributed by atoms with E-state index in [9.17, 15) is 9.18 Å². The van der Waals surface area contributed by atoms with Crippen LogP contribution in [0.1, 0.15) is 30.6 Å². The predicted octanol–water partition coefficient (Wildman–Crippen LogP) is 3.60. The summed E-state index contributed by atoms with van der Waals surface area (Å²) in [5, 5.41) is 0.810. The van der Waals surface area contributed by atoms with Gasteiger partial charge in [-0.05, 0) is 38.5 Å². The van der Waals surface area contributed by atoms with Crippen molar-refractivity contribution in [3.05, 3.63) is 40.8 Å². The molecule has 2 unspecified atom stereocenters. The van der Waals surface area contributed by atoms with Gasteiger partial charge in [-0.25, -0.2) is 9.37 Å². The van der Waals surface area contributed by atoms with Crippen LogP contribution in [0.3, 0.4) is 0 Å². The molecule has 1 aromatic carbocycles. The van der Waals surface area contributed by atoms with E-state index in [1.54, 1.807) is 19.2 Å². The van der Waals surface area contributed by atoms with E-state index < -0.39 is 0 Å². The van der Waals surface area contributed by atoms with E-state index in [1.165, 1.54) is 12.1 Å². The van der Waals surface area contributed by atoms with Gasteiger partial charge in [-0.1, -0.05) is 11.6 Å². The number of rotatable bonds is 5. The summed E-state index contributed by atoms with van der Waals surface area (Å²) in [4.78, 5) is 21.5. The van der Waals surface area contributed by atoms with Gasteiger partial charge in [-0.2, -0.15) is 0 Å². The zero-order valence-corrected chi connectivity index (χ0v) is 16.7. The molecule has 146 valence electrons. The number of piperazine rings is 1. The predicted molar refractivity (Wildman–Crippen MR) is 105 cm³/mol. The first-order valence-corrected chi connectivity index (χ1v) is 9.58.